The SMILES string of the molecule is Cc1ccc2nc(-c3ccc(-c4ccccc4)cc3)c(O)c(C(=O)O)c2c1. The molecule has 0 spiro atoms. The van der Waals surface area contributed by atoms with Crippen molar-refractivity contribution in [1.29, 1.82) is 0 Å². The first-order chi connectivity index (χ1) is 13.0. The quantitative estimate of drug-likeness (QED) is 0.524. The molecular weight excluding hydrogens is 338 g/mol. The molecule has 0 aliphatic heterocycles. The summed E-state index contributed by atoms with van der Waals surface area (Å²) in [6.07, 6.45) is 0. The molecule has 0 saturated carbocycles. The summed E-state index contributed by atoms with van der Waals surface area (Å²) in [6, 6.07) is 22.9. The van der Waals surface area contributed by atoms with Gasteiger partial charge in [0.1, 0.15) is 11.3 Å². The molecule has 4 rings (SSSR count). The third kappa shape index (κ3) is 3.02. The average molecular weight is 355 g/mol. The molecule has 4 nitrogen and oxygen atoms in total. The minimum absolute atomic E-state index is 0.120. The number of aryl methyl sites for hydroxylation is 1. The summed E-state index contributed by atoms with van der Waals surface area (Å²) in [7, 11) is 0. The lowest BCUT2D eigenvalue weighted by atomic mass is 9.99. The zero-order valence-corrected chi connectivity index (χ0v) is 14.7. The molecule has 0 aliphatic rings. The molecule has 0 radical (unpaired) electrons. The fourth-order valence-electron chi connectivity index (χ4n) is 3.24. The number of carbonyl (C=O) groups is 1. The molecule has 1 aromatic heterocycles. The van der Waals surface area contributed by atoms with Gasteiger partial charge in [-0.3, -0.25) is 0 Å². The van der Waals surface area contributed by atoms with E-state index in [4.69, 9.17) is 0 Å². The largest absolute Gasteiger partial charge is 0.505 e. The number of aromatic nitrogens is 1. The minimum atomic E-state index is -1.17. The number of aromatic carboxylic acids is 1. The van der Waals surface area contributed by atoms with Crippen LogP contribution < -0.4 is 0 Å². The zero-order valence-electron chi connectivity index (χ0n) is 14.7. The van der Waals surface area contributed by atoms with E-state index < -0.39 is 5.97 Å². The Kier molecular flexibility index (Phi) is 4.09. The summed E-state index contributed by atoms with van der Waals surface area (Å²) in [5, 5.41) is 20.7. The maximum atomic E-state index is 11.8. The second-order valence-corrected chi connectivity index (χ2v) is 6.45. The van der Waals surface area contributed by atoms with E-state index in [9.17, 15) is 15.0 Å². The molecule has 3 aromatic carbocycles. The molecule has 132 valence electrons. The summed E-state index contributed by atoms with van der Waals surface area (Å²) in [6.45, 7) is 1.87. The van der Waals surface area contributed by atoms with Crippen LogP contribution in [0.2, 0.25) is 0 Å². The van der Waals surface area contributed by atoms with Crippen molar-refractivity contribution in [3.05, 3.63) is 83.9 Å². The second-order valence-electron chi connectivity index (χ2n) is 6.45. The number of nitrogens with zero attached hydrogens (tertiary/aromatic N) is 1. The van der Waals surface area contributed by atoms with Gasteiger partial charge in [-0.25, -0.2) is 9.78 Å². The lowest BCUT2D eigenvalue weighted by molar-refractivity contribution is 0.0696. The van der Waals surface area contributed by atoms with Crippen molar-refractivity contribution in [2.45, 2.75) is 6.92 Å². The van der Waals surface area contributed by atoms with E-state index in [2.05, 4.69) is 4.98 Å². The Morgan fingerprint density at radius 1 is 0.852 bits per heavy atom. The normalized spacial score (nSPS) is 10.9. The van der Waals surface area contributed by atoms with Crippen molar-refractivity contribution >= 4 is 16.9 Å². The number of rotatable bonds is 3. The third-order valence-corrected chi connectivity index (χ3v) is 4.59. The molecule has 0 amide bonds. The van der Waals surface area contributed by atoms with Crippen LogP contribution in [0.4, 0.5) is 0 Å². The predicted molar refractivity (Wildman–Crippen MR) is 106 cm³/mol. The fraction of sp³-hybridized carbons (Fsp3) is 0.0435. The first-order valence-corrected chi connectivity index (χ1v) is 8.57. The van der Waals surface area contributed by atoms with Gasteiger partial charge >= 0.3 is 5.97 Å². The monoisotopic (exact) mass is 355 g/mol. The van der Waals surface area contributed by atoms with E-state index >= 15 is 0 Å². The number of pyridine rings is 1. The molecule has 0 saturated heterocycles. The first kappa shape index (κ1) is 16.8. The molecule has 0 bridgehead atoms. The summed E-state index contributed by atoms with van der Waals surface area (Å²) in [4.78, 5) is 16.3. The second kappa shape index (κ2) is 6.57. The number of fused-ring (bicyclic) bond motifs is 1. The maximum absolute atomic E-state index is 11.8. The van der Waals surface area contributed by atoms with E-state index in [1.165, 1.54) is 0 Å². The average Bonchev–Trinajstić information content (AvgIpc) is 2.68. The molecule has 0 aliphatic carbocycles. The highest BCUT2D eigenvalue weighted by Gasteiger charge is 2.21. The van der Waals surface area contributed by atoms with Gasteiger partial charge in [0.15, 0.2) is 5.75 Å². The highest BCUT2D eigenvalue weighted by Crippen LogP contribution is 2.36. The van der Waals surface area contributed by atoms with Crippen LogP contribution in [0.15, 0.2) is 72.8 Å². The number of benzene rings is 3. The van der Waals surface area contributed by atoms with Crippen molar-refractivity contribution in [1.82, 2.24) is 4.98 Å². The minimum Gasteiger partial charge on any atom is -0.505 e. The highest BCUT2D eigenvalue weighted by atomic mass is 16.4. The van der Waals surface area contributed by atoms with Gasteiger partial charge in [0.05, 0.1) is 5.52 Å². The molecule has 2 N–H and O–H groups in total. The number of hydrogen-bond acceptors (Lipinski definition) is 3. The fourth-order valence-corrected chi connectivity index (χ4v) is 3.24. The van der Waals surface area contributed by atoms with Crippen LogP contribution in [-0.2, 0) is 0 Å². The van der Waals surface area contributed by atoms with Gasteiger partial charge in [-0.2, -0.15) is 0 Å². The van der Waals surface area contributed by atoms with E-state index in [1.54, 1.807) is 12.1 Å². The molecule has 0 atom stereocenters. The van der Waals surface area contributed by atoms with Crippen LogP contribution in [0.1, 0.15) is 15.9 Å². The predicted octanol–water partition coefficient (Wildman–Crippen LogP) is 5.28. The van der Waals surface area contributed by atoms with Gasteiger partial charge in [0.2, 0.25) is 0 Å². The Hall–Kier alpha value is -3.66. The molecule has 4 aromatic rings. The van der Waals surface area contributed by atoms with Crippen LogP contribution in [-0.4, -0.2) is 21.2 Å². The van der Waals surface area contributed by atoms with Crippen molar-refractivity contribution < 1.29 is 15.0 Å². The van der Waals surface area contributed by atoms with Gasteiger partial charge in [-0.15, -0.1) is 0 Å². The summed E-state index contributed by atoms with van der Waals surface area (Å²) < 4.78 is 0. The van der Waals surface area contributed by atoms with Crippen LogP contribution >= 0.6 is 0 Å². The summed E-state index contributed by atoms with van der Waals surface area (Å²) >= 11 is 0. The van der Waals surface area contributed by atoms with E-state index in [-0.39, 0.29) is 17.0 Å². The number of carboxylic acid groups (broad SMARTS) is 1. The first-order valence-electron chi connectivity index (χ1n) is 8.57. The van der Waals surface area contributed by atoms with Crippen molar-refractivity contribution in [2.75, 3.05) is 0 Å². The lowest BCUT2D eigenvalue weighted by Crippen LogP contribution is -2.02. The Bertz CT molecular complexity index is 1150. The van der Waals surface area contributed by atoms with Crippen LogP contribution in [0, 0.1) is 6.92 Å². The molecule has 0 fully saturated rings. The Morgan fingerprint density at radius 2 is 1.48 bits per heavy atom. The number of hydrogen-bond donors (Lipinski definition) is 2. The topological polar surface area (TPSA) is 70.4 Å². The van der Waals surface area contributed by atoms with Gasteiger partial charge in [0, 0.05) is 10.9 Å². The number of carboxylic acids is 1. The Balaban J connectivity index is 1.88. The van der Waals surface area contributed by atoms with Crippen molar-refractivity contribution in [3.8, 4) is 28.1 Å². The zero-order chi connectivity index (χ0) is 19.0. The van der Waals surface area contributed by atoms with Gasteiger partial charge < -0.3 is 10.2 Å². The Labute approximate surface area is 156 Å². The van der Waals surface area contributed by atoms with Gasteiger partial charge in [-0.1, -0.05) is 66.2 Å². The molecule has 0 unspecified atom stereocenters. The van der Waals surface area contributed by atoms with E-state index in [0.29, 0.717) is 16.5 Å². The molecular formula is C23H17NO3. The maximum Gasteiger partial charge on any atom is 0.340 e. The van der Waals surface area contributed by atoms with Crippen LogP contribution in [0.25, 0.3) is 33.3 Å². The lowest BCUT2D eigenvalue weighted by Gasteiger charge is -2.12. The smallest absolute Gasteiger partial charge is 0.340 e. The Morgan fingerprint density at radius 3 is 2.15 bits per heavy atom. The third-order valence-electron chi connectivity index (χ3n) is 4.59. The highest BCUT2D eigenvalue weighted by molar-refractivity contribution is 6.07. The van der Waals surface area contributed by atoms with Crippen molar-refractivity contribution in [3.63, 3.8) is 0 Å². The molecule has 1 heterocycles. The molecule has 27 heavy (non-hydrogen) atoms. The standard InChI is InChI=1S/C23H17NO3/c1-14-7-12-19-18(13-14)20(23(26)27)22(25)21(24-19)17-10-8-16(9-11-17)15-5-3-2-4-6-15/h2-13,25H,1H3,(H,26,27). The van der Waals surface area contributed by atoms with Gasteiger partial charge in [0.25, 0.3) is 0 Å². The summed E-state index contributed by atoms with van der Waals surface area (Å²) in [5.41, 5.74) is 4.38. The van der Waals surface area contributed by atoms with Gasteiger partial charge in [-0.05, 0) is 30.2 Å². The van der Waals surface area contributed by atoms with Crippen LogP contribution in [0.5, 0.6) is 5.75 Å². The van der Waals surface area contributed by atoms with E-state index in [0.717, 1.165) is 16.7 Å². The number of aromatic hydroxyl groups is 1. The van der Waals surface area contributed by atoms with E-state index in [1.807, 2.05) is 67.6 Å². The van der Waals surface area contributed by atoms with Crippen LogP contribution in [0.3, 0.4) is 0 Å². The van der Waals surface area contributed by atoms with Crippen molar-refractivity contribution in [2.24, 2.45) is 0 Å². The summed E-state index contributed by atoms with van der Waals surface area (Å²) in [5.74, 6) is -1.49. The molecule has 4 heteroatoms.